The number of carbonyl (C=O) groups is 2. The highest BCUT2D eigenvalue weighted by Gasteiger charge is 2.68. The number of rotatable bonds is 5. The van der Waals surface area contributed by atoms with Gasteiger partial charge in [-0.2, -0.15) is 0 Å². The molecule has 3 aliphatic carbocycles. The molecule has 8 unspecified atom stereocenters. The molecule has 9 nitrogen and oxygen atoms in total. The van der Waals surface area contributed by atoms with Crippen LogP contribution in [0.4, 0.5) is 0 Å². The van der Waals surface area contributed by atoms with Crippen molar-refractivity contribution in [1.29, 1.82) is 0 Å². The number of hydrogen-bond donors (Lipinski definition) is 1. The zero-order valence-corrected chi connectivity index (χ0v) is 26.4. The number of pyridine rings is 1. The molecule has 3 heterocycles. The molecule has 0 aromatic carbocycles. The van der Waals surface area contributed by atoms with E-state index in [1.807, 2.05) is 20.8 Å². The second-order valence-electron chi connectivity index (χ2n) is 14.3. The fraction of sp³-hybridized carbons (Fsp3) is 0.657. The van der Waals surface area contributed by atoms with E-state index in [1.54, 1.807) is 30.6 Å². The van der Waals surface area contributed by atoms with Crippen molar-refractivity contribution < 1.29 is 33.3 Å². The van der Waals surface area contributed by atoms with E-state index in [-0.39, 0.29) is 58.8 Å². The Morgan fingerprint density at radius 3 is 2.55 bits per heavy atom. The molecule has 4 aliphatic rings. The maximum Gasteiger partial charge on any atom is 0.345 e. The molecular formula is C35H45NO8. The van der Waals surface area contributed by atoms with Crippen molar-refractivity contribution in [3.8, 4) is 17.1 Å². The molecule has 238 valence electrons. The van der Waals surface area contributed by atoms with Gasteiger partial charge < -0.3 is 23.7 Å². The maximum absolute atomic E-state index is 13.6. The highest BCUT2D eigenvalue weighted by Crippen LogP contribution is 2.65. The Kier molecular flexibility index (Phi) is 8.14. The van der Waals surface area contributed by atoms with E-state index in [1.165, 1.54) is 0 Å². The average Bonchev–Trinajstić information content (AvgIpc) is 3.00. The van der Waals surface area contributed by atoms with Gasteiger partial charge in [0.2, 0.25) is 0 Å². The van der Waals surface area contributed by atoms with Gasteiger partial charge in [-0.25, -0.2) is 4.79 Å². The van der Waals surface area contributed by atoms with Crippen LogP contribution in [-0.2, 0) is 19.1 Å². The van der Waals surface area contributed by atoms with Gasteiger partial charge in [-0.3, -0.25) is 14.6 Å². The van der Waals surface area contributed by atoms with Crippen LogP contribution in [0.25, 0.3) is 11.3 Å². The lowest BCUT2D eigenvalue weighted by molar-refractivity contribution is -0.252. The number of aromatic nitrogens is 1. The molecule has 3 saturated carbocycles. The molecule has 1 N–H and O–H groups in total. The van der Waals surface area contributed by atoms with Crippen molar-refractivity contribution in [3.05, 3.63) is 46.6 Å². The van der Waals surface area contributed by atoms with Crippen molar-refractivity contribution in [2.45, 2.75) is 110 Å². The lowest BCUT2D eigenvalue weighted by Crippen LogP contribution is -2.69. The number of aliphatic hydroxyl groups is 1. The normalized spacial score (nSPS) is 35.1. The summed E-state index contributed by atoms with van der Waals surface area (Å²) in [5, 5.41) is 12.2. The summed E-state index contributed by atoms with van der Waals surface area (Å²) in [5.74, 6) is -1.04. The summed E-state index contributed by atoms with van der Waals surface area (Å²) < 4.78 is 24.9. The first kappa shape index (κ1) is 30.8. The van der Waals surface area contributed by atoms with E-state index in [9.17, 15) is 19.5 Å². The Hall–Kier alpha value is -3.20. The van der Waals surface area contributed by atoms with Crippen LogP contribution in [0, 0.1) is 35.0 Å². The lowest BCUT2D eigenvalue weighted by atomic mass is 9.46. The fourth-order valence-electron chi connectivity index (χ4n) is 8.83. The molecule has 9 heteroatoms. The topological polar surface area (TPSA) is 125 Å². The third-order valence-corrected chi connectivity index (χ3v) is 11.2. The molecule has 0 saturated heterocycles. The molecule has 0 amide bonds. The summed E-state index contributed by atoms with van der Waals surface area (Å²) in [4.78, 5) is 43.9. The van der Waals surface area contributed by atoms with Gasteiger partial charge in [0.05, 0.1) is 17.9 Å². The Balaban J connectivity index is 1.41. The predicted molar refractivity (Wildman–Crippen MR) is 161 cm³/mol. The molecule has 3 fully saturated rings. The summed E-state index contributed by atoms with van der Waals surface area (Å²) >= 11 is 0. The SMILES string of the molecule is CC(C)C(=O)OC1CCC2(C)C(CC(OC(=O)C3CCCCC3)C3(C)Oc4cc(-c5cccnc5)oc(=O)c4C(O)C23)C1C. The van der Waals surface area contributed by atoms with E-state index >= 15 is 0 Å². The van der Waals surface area contributed by atoms with Crippen molar-refractivity contribution in [1.82, 2.24) is 4.98 Å². The molecule has 0 spiro atoms. The maximum atomic E-state index is 13.6. The van der Waals surface area contributed by atoms with Crippen LogP contribution in [0.15, 0.2) is 39.8 Å². The van der Waals surface area contributed by atoms with E-state index < -0.39 is 34.8 Å². The number of fused-ring (bicyclic) bond motifs is 4. The first-order valence-electron chi connectivity index (χ1n) is 16.3. The molecule has 2 aromatic heterocycles. The number of hydrogen-bond acceptors (Lipinski definition) is 9. The second kappa shape index (κ2) is 11.6. The van der Waals surface area contributed by atoms with E-state index in [2.05, 4.69) is 18.8 Å². The molecular weight excluding hydrogens is 562 g/mol. The smallest absolute Gasteiger partial charge is 0.345 e. The van der Waals surface area contributed by atoms with Crippen LogP contribution in [0.3, 0.4) is 0 Å². The molecule has 0 radical (unpaired) electrons. The monoisotopic (exact) mass is 607 g/mol. The molecule has 8 atom stereocenters. The zero-order valence-electron chi connectivity index (χ0n) is 26.4. The van der Waals surface area contributed by atoms with Crippen LogP contribution >= 0.6 is 0 Å². The van der Waals surface area contributed by atoms with Crippen LogP contribution in [0.1, 0.15) is 97.7 Å². The van der Waals surface area contributed by atoms with E-state index in [4.69, 9.17) is 18.6 Å². The quantitative estimate of drug-likeness (QED) is 0.406. The van der Waals surface area contributed by atoms with Crippen molar-refractivity contribution in [2.24, 2.45) is 35.0 Å². The molecule has 6 rings (SSSR count). The highest BCUT2D eigenvalue weighted by molar-refractivity contribution is 5.73. The Morgan fingerprint density at radius 1 is 1.11 bits per heavy atom. The summed E-state index contributed by atoms with van der Waals surface area (Å²) in [6.45, 7) is 9.79. The Labute approximate surface area is 258 Å². The van der Waals surface area contributed by atoms with Crippen LogP contribution in [-0.4, -0.2) is 39.8 Å². The van der Waals surface area contributed by atoms with Crippen LogP contribution < -0.4 is 10.4 Å². The van der Waals surface area contributed by atoms with Gasteiger partial charge in [-0.05, 0) is 68.4 Å². The van der Waals surface area contributed by atoms with Crippen molar-refractivity contribution in [2.75, 3.05) is 0 Å². The van der Waals surface area contributed by atoms with Gasteiger partial charge in [0.1, 0.15) is 34.9 Å². The Bertz CT molecular complexity index is 1450. The highest BCUT2D eigenvalue weighted by atomic mass is 16.6. The fourth-order valence-corrected chi connectivity index (χ4v) is 8.83. The third-order valence-electron chi connectivity index (χ3n) is 11.2. The van der Waals surface area contributed by atoms with E-state index in [0.717, 1.165) is 32.1 Å². The lowest BCUT2D eigenvalue weighted by Gasteiger charge is -2.64. The van der Waals surface area contributed by atoms with Gasteiger partial charge in [0.15, 0.2) is 0 Å². The minimum absolute atomic E-state index is 0.0603. The molecule has 2 aromatic rings. The Morgan fingerprint density at radius 2 is 1.86 bits per heavy atom. The molecule has 44 heavy (non-hydrogen) atoms. The predicted octanol–water partition coefficient (Wildman–Crippen LogP) is 6.02. The summed E-state index contributed by atoms with van der Waals surface area (Å²) in [6, 6.07) is 5.17. The molecule has 0 bridgehead atoms. The number of ether oxygens (including phenoxy) is 3. The second-order valence-corrected chi connectivity index (χ2v) is 14.3. The van der Waals surface area contributed by atoms with Gasteiger partial charge in [-0.1, -0.05) is 47.0 Å². The summed E-state index contributed by atoms with van der Waals surface area (Å²) in [6.07, 6.45) is 7.55. The van der Waals surface area contributed by atoms with Crippen molar-refractivity contribution >= 4 is 11.9 Å². The third kappa shape index (κ3) is 5.15. The van der Waals surface area contributed by atoms with Gasteiger partial charge in [0.25, 0.3) is 0 Å². The summed E-state index contributed by atoms with van der Waals surface area (Å²) in [5.41, 5.74) is -1.60. The largest absolute Gasteiger partial charge is 0.482 e. The number of esters is 2. The minimum atomic E-state index is -1.21. The zero-order chi connectivity index (χ0) is 31.4. The summed E-state index contributed by atoms with van der Waals surface area (Å²) in [7, 11) is 0. The first-order chi connectivity index (χ1) is 20.9. The standard InChI is InChI=1S/C35H45NO8/c1-19(2)31(38)41-24-13-14-34(4)23(20(24)3)16-27(43-32(39)21-10-7-6-8-11-21)35(5)30(34)29(37)28-26(44-35)17-25(42-33(28)40)22-12-9-15-36-18-22/h9,12,15,17-21,23-24,27,29-30,37H,6-8,10-11,13-14,16H2,1-5H3. The van der Waals surface area contributed by atoms with Crippen molar-refractivity contribution in [3.63, 3.8) is 0 Å². The van der Waals surface area contributed by atoms with E-state index in [0.29, 0.717) is 24.8 Å². The van der Waals surface area contributed by atoms with Gasteiger partial charge in [-0.15, -0.1) is 0 Å². The number of carbonyl (C=O) groups excluding carboxylic acids is 2. The molecule has 1 aliphatic heterocycles. The minimum Gasteiger partial charge on any atom is -0.482 e. The number of nitrogens with zero attached hydrogens (tertiary/aromatic N) is 1. The van der Waals surface area contributed by atoms with Gasteiger partial charge in [0, 0.05) is 29.9 Å². The van der Waals surface area contributed by atoms with Gasteiger partial charge >= 0.3 is 17.6 Å². The number of aliphatic hydroxyl groups excluding tert-OH is 1. The average molecular weight is 608 g/mol. The van der Waals surface area contributed by atoms with Crippen LogP contribution in [0.2, 0.25) is 0 Å². The van der Waals surface area contributed by atoms with Crippen LogP contribution in [0.5, 0.6) is 5.75 Å². The first-order valence-corrected chi connectivity index (χ1v) is 16.3.